The molecular weight excluding hydrogens is 1660 g/mol. The van der Waals surface area contributed by atoms with Crippen molar-refractivity contribution in [3.63, 3.8) is 0 Å². The van der Waals surface area contributed by atoms with Crippen LogP contribution in [0.3, 0.4) is 0 Å². The molecule has 9 aromatic carbocycles. The Morgan fingerprint density at radius 1 is 0.510 bits per heavy atom. The highest BCUT2D eigenvalue weighted by Crippen LogP contribution is 2.57. The molecule has 0 bridgehead atoms. The van der Waals surface area contributed by atoms with Crippen molar-refractivity contribution in [2.24, 2.45) is 5.10 Å². The molecule has 6 heterocycles. The maximum Gasteiger partial charge on any atom is 0.370 e. The van der Waals surface area contributed by atoms with Crippen molar-refractivity contribution >= 4 is 179 Å². The minimum Gasteiger partial charge on any atom is -1.00 e. The standard InChI is InChI=1S/C29H26N2O2S.C28H23Br2N3O.C28H23BrN2O2S.2BrH/c32-29(33)19-31-26-10-4-5-12-27(26)34-28(31)16-14-20-13-15-25-23(17-20)22-9-6-11-24(22)30(25)18-21-7-2-1-3-8-21;1-17-23(28(34)33(31-17)21-6-3-2-4-7-21)14-18-15-24-22-8-5-9-26(22)32(27(24)25(30)16-18)20-12-10-19(29)11-13-20;29-22-16-18(13-14-26-30(17-27(32)33)24-10-4-5-12-25(24)34-26)15-21-20-9-6-11-23(20)31(28(21)22)19-7-2-1-3-8-19;;/h1-5,7-8,10,12-17,22,24H,6,9,11,18-19H2;2-4,6-7,10-16,22,26H,5,8-9H2,1H3;1-5,7-8,10,12-16,20,23H,6,9,11,17H2;2*1H/b;23-14-;;;. The molecule has 0 spiro atoms. The van der Waals surface area contributed by atoms with Gasteiger partial charge in [0.1, 0.15) is 9.40 Å². The molecule has 12 nitrogen and oxygen atoms in total. The van der Waals surface area contributed by atoms with E-state index in [0.29, 0.717) is 41.5 Å². The van der Waals surface area contributed by atoms with Gasteiger partial charge in [0.2, 0.25) is 24.1 Å². The zero-order chi connectivity index (χ0) is 69.7. The van der Waals surface area contributed by atoms with Gasteiger partial charge in [0.15, 0.2) is 0 Å². The number of para-hydroxylation sites is 4. The number of carbonyl (C=O) groups excluding carboxylic acids is 1. The quantitative estimate of drug-likeness (QED) is 0.0815. The predicted octanol–water partition coefficient (Wildman–Crippen LogP) is 14.9. The third kappa shape index (κ3) is 14.4. The number of aliphatic carboxylic acids is 2. The summed E-state index contributed by atoms with van der Waals surface area (Å²) in [4.78, 5) is 43.8. The van der Waals surface area contributed by atoms with E-state index in [1.807, 2.05) is 101 Å². The number of fused-ring (bicyclic) bond motifs is 11. The lowest BCUT2D eigenvalue weighted by Gasteiger charge is -2.28. The first-order valence-electron chi connectivity index (χ1n) is 35.1. The van der Waals surface area contributed by atoms with Crippen molar-refractivity contribution in [1.82, 2.24) is 0 Å². The molecule has 6 atom stereocenters. The molecule has 3 saturated carbocycles. The molecule has 7 aliphatic rings. The van der Waals surface area contributed by atoms with E-state index in [2.05, 4.69) is 219 Å². The van der Waals surface area contributed by atoms with Gasteiger partial charge in [-0.15, -0.1) is 0 Å². The summed E-state index contributed by atoms with van der Waals surface area (Å²) in [7, 11) is 0. The van der Waals surface area contributed by atoms with Gasteiger partial charge in [-0.3, -0.25) is 4.79 Å². The smallest absolute Gasteiger partial charge is 0.370 e. The molecule has 11 aromatic rings. The zero-order valence-corrected chi connectivity index (χ0v) is 66.5. The topological polar surface area (TPSA) is 125 Å². The molecule has 18 rings (SSSR count). The van der Waals surface area contributed by atoms with E-state index in [0.717, 1.165) is 72.9 Å². The predicted molar refractivity (Wildman–Crippen MR) is 426 cm³/mol. The van der Waals surface area contributed by atoms with Gasteiger partial charge < -0.3 is 58.9 Å². The largest absolute Gasteiger partial charge is 1.00 e. The van der Waals surface area contributed by atoms with Gasteiger partial charge in [-0.1, -0.05) is 155 Å². The summed E-state index contributed by atoms with van der Waals surface area (Å²) >= 11 is 14.6. The molecular formula is C85H74Br5N7O5S2. The van der Waals surface area contributed by atoms with Crippen LogP contribution in [0.4, 0.5) is 34.1 Å². The molecule has 6 unspecified atom stereocenters. The molecule has 3 aliphatic carbocycles. The SMILES string of the molecule is CC1=NN(c2ccccc2)C(=O)/C1=C\c1cc(Br)c2c(c1)C1CCCC1N2c1ccc(Br)cc1.O=C(O)C[n+]1c(/C=C/c2cc(Br)c3c(c2)C2CCCC2N3c2ccccc2)sc2ccccc21.O=C(O)C[n+]1c(/C=C/c2ccc3c(c2)C2CCCC2N3Cc2ccccc2)sc2ccccc21.[Br-].[Br-]. The number of benzene rings is 9. The Bertz CT molecular complexity index is 5200. The summed E-state index contributed by atoms with van der Waals surface area (Å²) in [5.74, 6) is -0.101. The number of hydrogen-bond acceptors (Lipinski definition) is 9. The molecule has 4 aliphatic heterocycles. The van der Waals surface area contributed by atoms with E-state index < -0.39 is 11.9 Å². The maximum absolute atomic E-state index is 13.2. The Morgan fingerprint density at radius 3 is 1.53 bits per heavy atom. The number of halogens is 5. The minimum atomic E-state index is -0.836. The zero-order valence-electron chi connectivity index (χ0n) is 56.9. The van der Waals surface area contributed by atoms with Crippen LogP contribution < -0.4 is 62.8 Å². The summed E-state index contributed by atoms with van der Waals surface area (Å²) in [6.07, 6.45) is 21.5. The second kappa shape index (κ2) is 31.5. The first-order valence-corrected chi connectivity index (χ1v) is 39.1. The van der Waals surface area contributed by atoms with Crippen molar-refractivity contribution < 1.29 is 67.7 Å². The average Bonchev–Trinajstić information content (AvgIpc) is 1.59. The van der Waals surface area contributed by atoms with Gasteiger partial charge >= 0.3 is 11.9 Å². The molecule has 19 heteroatoms. The summed E-state index contributed by atoms with van der Waals surface area (Å²) in [6.45, 7) is 2.78. The van der Waals surface area contributed by atoms with Gasteiger partial charge in [0, 0.05) is 97.2 Å². The fourth-order valence-electron chi connectivity index (χ4n) is 16.9. The lowest BCUT2D eigenvalue weighted by molar-refractivity contribution is -0.657. The second-order valence-electron chi connectivity index (χ2n) is 27.3. The number of amides is 1. The summed E-state index contributed by atoms with van der Waals surface area (Å²) in [6, 6.07) is 72.9. The van der Waals surface area contributed by atoms with Gasteiger partial charge in [-0.25, -0.2) is 9.59 Å². The molecule has 3 fully saturated rings. The number of nitrogens with zero attached hydrogens (tertiary/aromatic N) is 7. The van der Waals surface area contributed by atoms with Crippen molar-refractivity contribution in [2.45, 2.75) is 120 Å². The Morgan fingerprint density at radius 2 is 0.971 bits per heavy atom. The summed E-state index contributed by atoms with van der Waals surface area (Å²) in [5.41, 5.74) is 19.4. The van der Waals surface area contributed by atoms with Gasteiger partial charge in [-0.05, 0) is 232 Å². The van der Waals surface area contributed by atoms with Crippen molar-refractivity contribution in [3.8, 4) is 0 Å². The third-order valence-corrected chi connectivity index (χ3v) is 25.2. The Labute approximate surface area is 659 Å². The highest BCUT2D eigenvalue weighted by Gasteiger charge is 2.46. The van der Waals surface area contributed by atoms with Crippen LogP contribution >= 0.6 is 70.5 Å². The van der Waals surface area contributed by atoms with Crippen LogP contribution in [0.2, 0.25) is 0 Å². The first kappa shape index (κ1) is 72.8. The van der Waals surface area contributed by atoms with Crippen LogP contribution in [0.1, 0.15) is 131 Å². The van der Waals surface area contributed by atoms with Crippen molar-refractivity contribution in [1.29, 1.82) is 0 Å². The lowest BCUT2D eigenvalue weighted by Crippen LogP contribution is -3.00. The fourth-order valence-corrected chi connectivity index (χ4v) is 20.6. The number of carbonyl (C=O) groups is 3. The number of hydrazone groups is 1. The van der Waals surface area contributed by atoms with Crippen LogP contribution in [-0.2, 0) is 34.0 Å². The molecule has 1 amide bonds. The van der Waals surface area contributed by atoms with Gasteiger partial charge in [-0.2, -0.15) is 19.2 Å². The van der Waals surface area contributed by atoms with Crippen LogP contribution in [0.15, 0.2) is 230 Å². The number of carboxylic acid groups (broad SMARTS) is 2. The highest BCUT2D eigenvalue weighted by molar-refractivity contribution is 9.11. The van der Waals surface area contributed by atoms with E-state index >= 15 is 0 Å². The molecule has 2 N–H and O–H groups in total. The number of rotatable bonds is 14. The molecule has 2 aromatic heterocycles. The van der Waals surface area contributed by atoms with Crippen molar-refractivity contribution in [3.05, 3.63) is 274 Å². The molecule has 0 radical (unpaired) electrons. The number of anilines is 6. The van der Waals surface area contributed by atoms with Crippen LogP contribution in [-0.4, -0.2) is 51.9 Å². The van der Waals surface area contributed by atoms with Crippen LogP contribution in [0, 0.1) is 0 Å². The Kier molecular flexibility index (Phi) is 22.1. The van der Waals surface area contributed by atoms with Crippen LogP contribution in [0.5, 0.6) is 0 Å². The van der Waals surface area contributed by atoms with Gasteiger partial charge in [0.05, 0.1) is 28.3 Å². The second-order valence-corrected chi connectivity index (χ2v) is 32.1. The summed E-state index contributed by atoms with van der Waals surface area (Å²) in [5, 5.41) is 26.8. The van der Waals surface area contributed by atoms with Crippen molar-refractivity contribution in [2.75, 3.05) is 19.7 Å². The molecule has 0 saturated heterocycles. The first-order chi connectivity index (χ1) is 49.8. The van der Waals surface area contributed by atoms with Crippen LogP contribution in [0.25, 0.3) is 50.8 Å². The van der Waals surface area contributed by atoms with E-state index in [9.17, 15) is 24.6 Å². The number of hydrogen-bond donors (Lipinski definition) is 2. The maximum atomic E-state index is 13.2. The number of carboxylic acids is 2. The monoisotopic (exact) mass is 1730 g/mol. The van der Waals surface area contributed by atoms with E-state index in [-0.39, 0.29) is 53.0 Å². The number of aromatic nitrogens is 2. The molecule has 104 heavy (non-hydrogen) atoms. The third-order valence-electron chi connectivity index (χ3n) is 21.2. The normalized spacial score (nSPS) is 19.8. The Hall–Kier alpha value is -8.14. The fraction of sp³-hybridized carbons (Fsp3) is 0.224. The van der Waals surface area contributed by atoms with Gasteiger partial charge in [0.25, 0.3) is 15.9 Å². The Balaban J connectivity index is 0.000000130. The summed E-state index contributed by atoms with van der Waals surface area (Å²) < 4.78 is 9.22. The van der Waals surface area contributed by atoms with E-state index in [4.69, 9.17) is 0 Å². The minimum absolute atomic E-state index is 0. The van der Waals surface area contributed by atoms with E-state index in [1.165, 1.54) is 119 Å². The van der Waals surface area contributed by atoms with E-state index in [1.54, 1.807) is 22.7 Å². The molecule has 526 valence electrons. The number of thiazole rings is 2. The average molecular weight is 1740 g/mol. The highest BCUT2D eigenvalue weighted by atomic mass is 79.9. The lowest BCUT2D eigenvalue weighted by atomic mass is 9.95.